The Bertz CT molecular complexity index is 403. The maximum Gasteiger partial charge on any atom is 0.0540 e. The quantitative estimate of drug-likeness (QED) is 0.898. The van der Waals surface area contributed by atoms with Crippen LogP contribution in [0.1, 0.15) is 32.3 Å². The molecule has 0 spiro atoms. The van der Waals surface area contributed by atoms with Gasteiger partial charge in [0, 0.05) is 29.8 Å². The summed E-state index contributed by atoms with van der Waals surface area (Å²) in [6.45, 7) is 10.2. The van der Waals surface area contributed by atoms with Crippen molar-refractivity contribution < 1.29 is 0 Å². The molecular formula is C15H24N2S. The van der Waals surface area contributed by atoms with Gasteiger partial charge in [-0.3, -0.25) is 0 Å². The maximum absolute atomic E-state index is 3.26. The van der Waals surface area contributed by atoms with Crippen LogP contribution in [0, 0.1) is 0 Å². The van der Waals surface area contributed by atoms with Crippen molar-refractivity contribution in [3.05, 3.63) is 23.8 Å². The molecular weight excluding hydrogens is 240 g/mol. The zero-order valence-corrected chi connectivity index (χ0v) is 12.7. The van der Waals surface area contributed by atoms with Crippen molar-refractivity contribution in [3.63, 3.8) is 0 Å². The molecule has 18 heavy (non-hydrogen) atoms. The summed E-state index contributed by atoms with van der Waals surface area (Å²) in [5, 5.41) is 3.94. The van der Waals surface area contributed by atoms with E-state index in [2.05, 4.69) is 49.2 Å². The zero-order valence-electron chi connectivity index (χ0n) is 11.9. The van der Waals surface area contributed by atoms with Crippen LogP contribution in [0.4, 0.5) is 5.69 Å². The van der Waals surface area contributed by atoms with Crippen molar-refractivity contribution in [1.82, 2.24) is 5.32 Å². The highest BCUT2D eigenvalue weighted by Gasteiger charge is 2.25. The summed E-state index contributed by atoms with van der Waals surface area (Å²) in [5.41, 5.74) is 2.97. The Morgan fingerprint density at radius 2 is 2.22 bits per heavy atom. The van der Waals surface area contributed by atoms with Gasteiger partial charge >= 0.3 is 0 Å². The van der Waals surface area contributed by atoms with E-state index >= 15 is 0 Å². The lowest BCUT2D eigenvalue weighted by Crippen LogP contribution is -2.38. The van der Waals surface area contributed by atoms with E-state index in [1.165, 1.54) is 16.1 Å². The van der Waals surface area contributed by atoms with Crippen molar-refractivity contribution in [1.29, 1.82) is 0 Å². The lowest BCUT2D eigenvalue weighted by atomic mass is 10.00. The molecule has 1 N–H and O–H groups in total. The van der Waals surface area contributed by atoms with Gasteiger partial charge in [0.15, 0.2) is 0 Å². The van der Waals surface area contributed by atoms with Crippen LogP contribution in [0.5, 0.6) is 0 Å². The molecule has 3 heteroatoms. The summed E-state index contributed by atoms with van der Waals surface area (Å²) < 4.78 is 0. The Morgan fingerprint density at radius 3 is 2.89 bits per heavy atom. The minimum atomic E-state index is 0.589. The van der Waals surface area contributed by atoms with E-state index < -0.39 is 0 Å². The Kier molecular flexibility index (Phi) is 4.57. The second-order valence-corrected chi connectivity index (χ2v) is 6.81. The molecule has 0 radical (unpaired) electrons. The fraction of sp³-hybridized carbons (Fsp3) is 0.600. The van der Waals surface area contributed by atoms with Crippen LogP contribution in [-0.4, -0.2) is 31.9 Å². The standard InChI is InChI=1S/C15H24N2S/c1-11(2)13-6-5-7-14-15(13)17(9-8-16-4)10-12(3)18-14/h5-7,11-12,16H,8-10H2,1-4H3. The second kappa shape index (κ2) is 5.98. The zero-order chi connectivity index (χ0) is 13.1. The van der Waals surface area contributed by atoms with Crippen LogP contribution in [0.15, 0.2) is 23.1 Å². The van der Waals surface area contributed by atoms with Crippen LogP contribution in [-0.2, 0) is 0 Å². The number of nitrogens with zero attached hydrogens (tertiary/aromatic N) is 1. The van der Waals surface area contributed by atoms with Crippen molar-refractivity contribution in [2.45, 2.75) is 36.8 Å². The third kappa shape index (κ3) is 2.83. The summed E-state index contributed by atoms with van der Waals surface area (Å²) >= 11 is 2.02. The van der Waals surface area contributed by atoms with E-state index in [0.717, 1.165) is 19.6 Å². The second-order valence-electron chi connectivity index (χ2n) is 5.33. The monoisotopic (exact) mass is 264 g/mol. The largest absolute Gasteiger partial charge is 0.368 e. The number of rotatable bonds is 4. The Labute approximate surface area is 115 Å². The first kappa shape index (κ1) is 13.8. The first-order valence-electron chi connectivity index (χ1n) is 6.82. The van der Waals surface area contributed by atoms with Crippen LogP contribution in [0.25, 0.3) is 0 Å². The predicted octanol–water partition coefficient (Wildman–Crippen LogP) is 3.33. The number of hydrogen-bond donors (Lipinski definition) is 1. The molecule has 0 fully saturated rings. The van der Waals surface area contributed by atoms with E-state index in [1.807, 2.05) is 18.8 Å². The summed E-state index contributed by atoms with van der Waals surface area (Å²) in [6.07, 6.45) is 0. The minimum absolute atomic E-state index is 0.589. The molecule has 1 aliphatic heterocycles. The fourth-order valence-electron chi connectivity index (χ4n) is 2.54. The number of hydrogen-bond acceptors (Lipinski definition) is 3. The van der Waals surface area contributed by atoms with Crippen molar-refractivity contribution in [2.24, 2.45) is 0 Å². The molecule has 0 aromatic heterocycles. The molecule has 1 aromatic carbocycles. The predicted molar refractivity (Wildman–Crippen MR) is 82.0 cm³/mol. The van der Waals surface area contributed by atoms with Gasteiger partial charge in [0.1, 0.15) is 0 Å². The molecule has 1 aromatic rings. The highest BCUT2D eigenvalue weighted by Crippen LogP contribution is 2.42. The SMILES string of the molecule is CNCCN1CC(C)Sc2cccc(C(C)C)c21. The molecule has 0 amide bonds. The van der Waals surface area contributed by atoms with Gasteiger partial charge in [0.2, 0.25) is 0 Å². The molecule has 0 aliphatic carbocycles. The summed E-state index contributed by atoms with van der Waals surface area (Å²) in [7, 11) is 2.03. The molecule has 0 saturated heterocycles. The number of likely N-dealkylation sites (N-methyl/N-ethyl adjacent to an activating group) is 1. The van der Waals surface area contributed by atoms with Crippen molar-refractivity contribution in [3.8, 4) is 0 Å². The molecule has 1 heterocycles. The van der Waals surface area contributed by atoms with Crippen LogP contribution < -0.4 is 10.2 Å². The topological polar surface area (TPSA) is 15.3 Å². The highest BCUT2D eigenvalue weighted by atomic mass is 32.2. The maximum atomic E-state index is 3.26. The third-order valence-corrected chi connectivity index (χ3v) is 4.54. The van der Waals surface area contributed by atoms with Gasteiger partial charge in [-0.25, -0.2) is 0 Å². The van der Waals surface area contributed by atoms with Gasteiger partial charge in [0.25, 0.3) is 0 Å². The van der Waals surface area contributed by atoms with Gasteiger partial charge in [-0.1, -0.05) is 32.9 Å². The fourth-order valence-corrected chi connectivity index (χ4v) is 3.75. The van der Waals surface area contributed by atoms with Gasteiger partial charge < -0.3 is 10.2 Å². The number of benzene rings is 1. The van der Waals surface area contributed by atoms with E-state index in [-0.39, 0.29) is 0 Å². The van der Waals surface area contributed by atoms with Crippen molar-refractivity contribution in [2.75, 3.05) is 31.6 Å². The summed E-state index contributed by atoms with van der Waals surface area (Å²) in [6, 6.07) is 6.76. The minimum Gasteiger partial charge on any atom is -0.368 e. The number of fused-ring (bicyclic) bond motifs is 1. The van der Waals surface area contributed by atoms with Gasteiger partial charge in [-0.15, -0.1) is 11.8 Å². The lowest BCUT2D eigenvalue weighted by molar-refractivity contribution is 0.695. The van der Waals surface area contributed by atoms with Crippen LogP contribution in [0.3, 0.4) is 0 Å². The van der Waals surface area contributed by atoms with Gasteiger partial charge in [-0.05, 0) is 24.6 Å². The number of nitrogens with one attached hydrogen (secondary N) is 1. The molecule has 0 saturated carbocycles. The molecule has 100 valence electrons. The average molecular weight is 264 g/mol. The molecule has 1 unspecified atom stereocenters. The normalized spacial score (nSPS) is 19.2. The van der Waals surface area contributed by atoms with E-state index in [9.17, 15) is 0 Å². The van der Waals surface area contributed by atoms with E-state index in [4.69, 9.17) is 0 Å². The Hall–Kier alpha value is -0.670. The van der Waals surface area contributed by atoms with Crippen molar-refractivity contribution >= 4 is 17.4 Å². The molecule has 2 rings (SSSR count). The Morgan fingerprint density at radius 1 is 1.44 bits per heavy atom. The lowest BCUT2D eigenvalue weighted by Gasteiger charge is -2.36. The summed E-state index contributed by atoms with van der Waals surface area (Å²) in [4.78, 5) is 4.01. The average Bonchev–Trinajstić information content (AvgIpc) is 2.34. The molecule has 1 aliphatic rings. The third-order valence-electron chi connectivity index (χ3n) is 3.41. The number of anilines is 1. The summed E-state index contributed by atoms with van der Waals surface area (Å²) in [5.74, 6) is 0.589. The van der Waals surface area contributed by atoms with Gasteiger partial charge in [0.05, 0.1) is 5.69 Å². The Balaban J connectivity index is 2.37. The number of para-hydroxylation sites is 1. The first-order valence-corrected chi connectivity index (χ1v) is 7.70. The molecule has 2 nitrogen and oxygen atoms in total. The molecule has 1 atom stereocenters. The van der Waals surface area contributed by atoms with E-state index in [0.29, 0.717) is 11.2 Å². The highest BCUT2D eigenvalue weighted by molar-refractivity contribution is 8.00. The number of thioether (sulfide) groups is 1. The van der Waals surface area contributed by atoms with E-state index in [1.54, 1.807) is 0 Å². The smallest absolute Gasteiger partial charge is 0.0540 e. The van der Waals surface area contributed by atoms with Crippen LogP contribution >= 0.6 is 11.8 Å². The molecule has 0 bridgehead atoms. The first-order chi connectivity index (χ1) is 8.63. The van der Waals surface area contributed by atoms with Crippen LogP contribution in [0.2, 0.25) is 0 Å². The van der Waals surface area contributed by atoms with Gasteiger partial charge in [-0.2, -0.15) is 0 Å².